The highest BCUT2D eigenvalue weighted by atomic mass is 32.1. The Morgan fingerprint density at radius 1 is 1.58 bits per heavy atom. The van der Waals surface area contributed by atoms with E-state index in [1.54, 1.807) is 0 Å². The molecule has 0 aromatic heterocycles. The van der Waals surface area contributed by atoms with Gasteiger partial charge in [0, 0.05) is 0 Å². The molecule has 2 heterocycles. The number of hydroxylamine groups is 1. The number of hydrogen-bond donors (Lipinski definition) is 2. The maximum Gasteiger partial charge on any atom is 0.418 e. The zero-order valence-corrected chi connectivity index (χ0v) is 6.86. The molecule has 70 valence electrons. The average molecular weight is 201 g/mol. The summed E-state index contributed by atoms with van der Waals surface area (Å²) in [7, 11) is 1.28. The van der Waals surface area contributed by atoms with E-state index in [-0.39, 0.29) is 0 Å². The molecule has 2 rings (SSSR count). The number of thiol groups is 1. The van der Waals surface area contributed by atoms with E-state index < -0.39 is 17.5 Å². The summed E-state index contributed by atoms with van der Waals surface area (Å²) >= 11 is 3.88. The lowest BCUT2D eigenvalue weighted by atomic mass is 10.4. The summed E-state index contributed by atoms with van der Waals surface area (Å²) in [6.07, 6.45) is -6.04. The average Bonchev–Trinajstić information content (AvgIpc) is 2.48. The number of hydrazine groups is 1. The normalized spacial score (nSPS) is 47.8. The molecule has 2 aliphatic heterocycles. The van der Waals surface area contributed by atoms with Gasteiger partial charge in [-0.25, -0.2) is 15.2 Å². The van der Waals surface area contributed by atoms with Crippen molar-refractivity contribution in [2.75, 3.05) is 7.05 Å². The molecule has 0 aromatic carbocycles. The summed E-state index contributed by atoms with van der Waals surface area (Å²) in [5.41, 5.74) is 2.09. The minimum atomic E-state index is -4.32. The summed E-state index contributed by atoms with van der Waals surface area (Å²) in [4.78, 5) is 5.64. The molecule has 0 aromatic rings. The summed E-state index contributed by atoms with van der Waals surface area (Å²) in [5, 5.41) is -0.269. The largest absolute Gasteiger partial charge is 0.418 e. The minimum Gasteiger partial charge on any atom is -0.228 e. The third-order valence-electron chi connectivity index (χ3n) is 1.84. The van der Waals surface area contributed by atoms with E-state index in [0.717, 1.165) is 10.1 Å². The maximum atomic E-state index is 12.2. The molecule has 0 saturated carbocycles. The van der Waals surface area contributed by atoms with Crippen LogP contribution >= 0.6 is 12.6 Å². The second-order valence-electron chi connectivity index (χ2n) is 2.64. The highest BCUT2D eigenvalue weighted by Crippen LogP contribution is 2.47. The first-order chi connectivity index (χ1) is 5.36. The Kier molecular flexibility index (Phi) is 1.48. The molecule has 0 aliphatic carbocycles. The lowest BCUT2D eigenvalue weighted by Gasteiger charge is -2.24. The zero-order chi connectivity index (χ0) is 9.15. The van der Waals surface area contributed by atoms with Crippen LogP contribution in [0.3, 0.4) is 0 Å². The summed E-state index contributed by atoms with van der Waals surface area (Å²) < 4.78 is 36.5. The van der Waals surface area contributed by atoms with Gasteiger partial charge < -0.3 is 0 Å². The van der Waals surface area contributed by atoms with E-state index in [0.29, 0.717) is 0 Å². The van der Waals surface area contributed by atoms with Gasteiger partial charge in [0.1, 0.15) is 0 Å². The third kappa shape index (κ3) is 0.958. The lowest BCUT2D eigenvalue weighted by Crippen LogP contribution is -2.50. The van der Waals surface area contributed by atoms with E-state index >= 15 is 0 Å². The molecule has 2 unspecified atom stereocenters. The molecule has 0 spiro atoms. The van der Waals surface area contributed by atoms with Crippen LogP contribution in [-0.2, 0) is 4.84 Å². The number of alkyl halides is 3. The van der Waals surface area contributed by atoms with Crippen LogP contribution in [0.5, 0.6) is 0 Å². The molecular formula is C4H6F3N3OS. The van der Waals surface area contributed by atoms with Crippen molar-refractivity contribution in [3.8, 4) is 0 Å². The molecule has 2 aliphatic rings. The van der Waals surface area contributed by atoms with Crippen molar-refractivity contribution in [3.05, 3.63) is 0 Å². The van der Waals surface area contributed by atoms with Crippen LogP contribution in [0, 0.1) is 0 Å². The lowest BCUT2D eigenvalue weighted by molar-refractivity contribution is -0.201. The van der Waals surface area contributed by atoms with Crippen LogP contribution in [0.2, 0.25) is 0 Å². The first kappa shape index (κ1) is 8.57. The highest BCUT2D eigenvalue weighted by molar-refractivity contribution is 7.81. The zero-order valence-electron chi connectivity index (χ0n) is 5.96. The molecule has 0 bridgehead atoms. The van der Waals surface area contributed by atoms with Gasteiger partial charge in [-0.1, -0.05) is 5.17 Å². The van der Waals surface area contributed by atoms with Gasteiger partial charge >= 0.3 is 6.18 Å². The standard InChI is InChI=1S/C4H6F3N3OS/c1-9-2(3(5,6)7)8-10-4(9,12)11-10/h2,8,12H,1H3/t2?,4-,10?/m1/s1. The van der Waals surface area contributed by atoms with E-state index in [9.17, 15) is 13.2 Å². The number of rotatable bonds is 0. The van der Waals surface area contributed by atoms with Gasteiger partial charge in [-0.2, -0.15) is 13.2 Å². The molecule has 0 amide bonds. The Hall–Kier alpha value is -0.0200. The topological polar surface area (TPSA) is 30.8 Å². The Balaban J connectivity index is 2.14. The van der Waals surface area contributed by atoms with Gasteiger partial charge in [0.05, 0.1) is 0 Å². The summed E-state index contributed by atoms with van der Waals surface area (Å²) in [5.74, 6) is 0. The predicted molar refractivity (Wildman–Crippen MR) is 35.4 cm³/mol. The third-order valence-corrected chi connectivity index (χ3v) is 2.42. The fourth-order valence-electron chi connectivity index (χ4n) is 1.08. The first-order valence-electron chi connectivity index (χ1n) is 3.13. The minimum absolute atomic E-state index is 0.953. The van der Waals surface area contributed by atoms with Crippen LogP contribution in [-0.4, -0.2) is 34.6 Å². The van der Waals surface area contributed by atoms with Crippen molar-refractivity contribution in [2.24, 2.45) is 0 Å². The SMILES string of the molecule is CN1C(C(F)(F)F)NN2O[C@]21S. The van der Waals surface area contributed by atoms with Crippen LogP contribution in [0.1, 0.15) is 0 Å². The fourth-order valence-corrected chi connectivity index (χ4v) is 1.33. The quantitative estimate of drug-likeness (QED) is 0.430. The Morgan fingerprint density at radius 3 is 2.42 bits per heavy atom. The second kappa shape index (κ2) is 2.07. The molecule has 4 nitrogen and oxygen atoms in total. The van der Waals surface area contributed by atoms with Gasteiger partial charge in [-0.05, 0) is 7.05 Å². The predicted octanol–water partition coefficient (Wildman–Crippen LogP) is 0.113. The first-order valence-corrected chi connectivity index (χ1v) is 3.58. The molecule has 2 fully saturated rings. The number of nitrogens with one attached hydrogen (secondary N) is 1. The molecule has 1 N–H and O–H groups in total. The van der Waals surface area contributed by atoms with Gasteiger partial charge in [0.25, 0.3) is 5.18 Å². The van der Waals surface area contributed by atoms with E-state index in [2.05, 4.69) is 18.1 Å². The monoisotopic (exact) mass is 201 g/mol. The molecule has 2 saturated heterocycles. The van der Waals surface area contributed by atoms with Crippen LogP contribution in [0.25, 0.3) is 0 Å². The van der Waals surface area contributed by atoms with E-state index in [4.69, 9.17) is 4.84 Å². The number of hydrogen-bond acceptors (Lipinski definition) is 5. The summed E-state index contributed by atoms with van der Waals surface area (Å²) in [6, 6.07) is 0. The van der Waals surface area contributed by atoms with E-state index in [1.807, 2.05) is 0 Å². The van der Waals surface area contributed by atoms with Crippen LogP contribution in [0.15, 0.2) is 0 Å². The van der Waals surface area contributed by atoms with Gasteiger partial charge in [-0.3, -0.25) is 0 Å². The Bertz CT molecular complexity index is 224. The molecule has 3 atom stereocenters. The second-order valence-corrected chi connectivity index (χ2v) is 3.23. The van der Waals surface area contributed by atoms with Gasteiger partial charge in [0.15, 0.2) is 6.17 Å². The fraction of sp³-hybridized carbons (Fsp3) is 1.00. The Morgan fingerprint density at radius 2 is 2.17 bits per heavy atom. The van der Waals surface area contributed by atoms with Crippen molar-refractivity contribution in [3.63, 3.8) is 0 Å². The summed E-state index contributed by atoms with van der Waals surface area (Å²) in [6.45, 7) is 0. The molecular weight excluding hydrogens is 195 g/mol. The van der Waals surface area contributed by atoms with Gasteiger partial charge in [0.2, 0.25) is 0 Å². The number of fused-ring (bicyclic) bond motifs is 1. The van der Waals surface area contributed by atoms with Crippen LogP contribution in [0.4, 0.5) is 13.2 Å². The Labute approximate surface area is 71.6 Å². The molecule has 0 radical (unpaired) electrons. The number of halogens is 3. The molecule has 12 heavy (non-hydrogen) atoms. The van der Waals surface area contributed by atoms with Crippen molar-refractivity contribution >= 4 is 12.6 Å². The van der Waals surface area contributed by atoms with E-state index in [1.165, 1.54) is 7.05 Å². The smallest absolute Gasteiger partial charge is 0.228 e. The molecule has 8 heteroatoms. The van der Waals surface area contributed by atoms with Crippen molar-refractivity contribution in [2.45, 2.75) is 17.5 Å². The van der Waals surface area contributed by atoms with Crippen molar-refractivity contribution < 1.29 is 18.0 Å². The van der Waals surface area contributed by atoms with Crippen LogP contribution < -0.4 is 5.43 Å². The van der Waals surface area contributed by atoms with Crippen molar-refractivity contribution in [1.82, 2.24) is 15.5 Å². The number of nitrogens with zero attached hydrogens (tertiary/aromatic N) is 2. The van der Waals surface area contributed by atoms with Gasteiger partial charge in [-0.15, -0.1) is 12.6 Å². The van der Waals surface area contributed by atoms with Crippen molar-refractivity contribution in [1.29, 1.82) is 0 Å². The maximum absolute atomic E-state index is 12.2. The highest BCUT2D eigenvalue weighted by Gasteiger charge is 2.69.